The Balaban J connectivity index is 0.00000108. The predicted molar refractivity (Wildman–Crippen MR) is 164 cm³/mol. The number of nitrogens with zero attached hydrogens (tertiary/aromatic N) is 3. The lowest BCUT2D eigenvalue weighted by atomic mass is 10.1. The van der Waals surface area contributed by atoms with E-state index in [2.05, 4.69) is 57.0 Å². The molecule has 1 saturated heterocycles. The second-order valence-corrected chi connectivity index (χ2v) is 10.3. The van der Waals surface area contributed by atoms with Gasteiger partial charge in [-0.15, -0.1) is 6.58 Å². The number of nitrogens with one attached hydrogen (secondary N) is 1. The van der Waals surface area contributed by atoms with Gasteiger partial charge >= 0.3 is 0 Å². The quantitative estimate of drug-likeness (QED) is 0.143. The van der Waals surface area contributed by atoms with Crippen molar-refractivity contribution in [2.45, 2.75) is 32.9 Å². The molecule has 0 radical (unpaired) electrons. The van der Waals surface area contributed by atoms with Crippen LogP contribution in [0.2, 0.25) is 5.02 Å². The van der Waals surface area contributed by atoms with E-state index in [4.69, 9.17) is 21.1 Å². The Kier molecular flexibility index (Phi) is 8.97. The molecule has 6 nitrogen and oxygen atoms in total. The number of aryl methyl sites for hydroxylation is 1. The van der Waals surface area contributed by atoms with Crippen LogP contribution in [0.5, 0.6) is 5.75 Å². The summed E-state index contributed by atoms with van der Waals surface area (Å²) in [5.41, 5.74) is 5.79. The summed E-state index contributed by atoms with van der Waals surface area (Å²) in [6, 6.07) is 18.6. The van der Waals surface area contributed by atoms with Gasteiger partial charge in [-0.1, -0.05) is 29.8 Å². The zero-order chi connectivity index (χ0) is 28.8. The average molecular weight is 571 g/mol. The predicted octanol–water partition coefficient (Wildman–Crippen LogP) is 8.16. The number of fused-ring (bicyclic) bond motifs is 1. The van der Waals surface area contributed by atoms with E-state index in [0.29, 0.717) is 35.7 Å². The largest absolute Gasteiger partial charge is 0.492 e. The molecule has 0 bridgehead atoms. The third-order valence-electron chi connectivity index (χ3n) is 6.67. The van der Waals surface area contributed by atoms with Gasteiger partial charge in [0.15, 0.2) is 0 Å². The fourth-order valence-electron chi connectivity index (χ4n) is 4.48. The van der Waals surface area contributed by atoms with Crippen molar-refractivity contribution in [3.05, 3.63) is 114 Å². The maximum absolute atomic E-state index is 13.6. The summed E-state index contributed by atoms with van der Waals surface area (Å²) in [6.07, 6.45) is 8.43. The van der Waals surface area contributed by atoms with E-state index in [9.17, 15) is 4.39 Å². The Morgan fingerprint density at radius 3 is 2.73 bits per heavy atom. The number of anilines is 2. The molecule has 41 heavy (non-hydrogen) atoms. The van der Waals surface area contributed by atoms with Crippen molar-refractivity contribution in [2.24, 2.45) is 0 Å². The van der Waals surface area contributed by atoms with E-state index in [0.717, 1.165) is 52.0 Å². The number of rotatable bonds is 9. The minimum atomic E-state index is -0.245. The summed E-state index contributed by atoms with van der Waals surface area (Å²) >= 11 is 6.53. The van der Waals surface area contributed by atoms with Crippen molar-refractivity contribution in [3.63, 3.8) is 0 Å². The van der Waals surface area contributed by atoms with Crippen molar-refractivity contribution < 1.29 is 13.9 Å². The molecule has 0 aliphatic carbocycles. The van der Waals surface area contributed by atoms with E-state index in [-0.39, 0.29) is 5.82 Å². The summed E-state index contributed by atoms with van der Waals surface area (Å²) in [5, 5.41) is 4.76. The molecule has 3 heterocycles. The van der Waals surface area contributed by atoms with Crippen LogP contribution in [0.25, 0.3) is 22.0 Å². The molecule has 5 aromatic rings. The van der Waals surface area contributed by atoms with Crippen LogP contribution in [0.3, 0.4) is 0 Å². The van der Waals surface area contributed by atoms with Crippen molar-refractivity contribution >= 4 is 34.0 Å². The van der Waals surface area contributed by atoms with Gasteiger partial charge in [0.2, 0.25) is 0 Å². The normalized spacial score (nSPS) is 13.8. The van der Waals surface area contributed by atoms with E-state index in [1.807, 2.05) is 38.1 Å². The van der Waals surface area contributed by atoms with E-state index in [1.165, 1.54) is 6.07 Å². The molecule has 0 spiro atoms. The zero-order valence-corrected chi connectivity index (χ0v) is 23.9. The second kappa shape index (κ2) is 13.0. The van der Waals surface area contributed by atoms with Crippen LogP contribution in [0.4, 0.5) is 15.9 Å². The van der Waals surface area contributed by atoms with Gasteiger partial charge in [0.25, 0.3) is 0 Å². The minimum absolute atomic E-state index is 0.245. The SMILES string of the molecule is C=CC.Cc1ccc(F)cc1CCOc1ccc(Nc2ncnc3ccc(-c4ccn(CC5CO5)c4)cc23)cc1Cl. The average Bonchev–Trinajstić information content (AvgIpc) is 3.66. The molecule has 1 N–H and O–H groups in total. The third-order valence-corrected chi connectivity index (χ3v) is 6.97. The van der Waals surface area contributed by atoms with Crippen LogP contribution in [0.1, 0.15) is 18.1 Å². The molecular weight excluding hydrogens is 539 g/mol. The van der Waals surface area contributed by atoms with Gasteiger partial charge in [-0.05, 0) is 84.6 Å². The third kappa shape index (κ3) is 7.31. The number of aromatic nitrogens is 3. The summed E-state index contributed by atoms with van der Waals surface area (Å²) in [5.74, 6) is 1.02. The Bertz CT molecular complexity index is 1660. The number of allylic oxidation sites excluding steroid dienone is 1. The van der Waals surface area contributed by atoms with E-state index >= 15 is 0 Å². The monoisotopic (exact) mass is 570 g/mol. The van der Waals surface area contributed by atoms with Crippen LogP contribution < -0.4 is 10.1 Å². The molecule has 1 atom stereocenters. The molecule has 1 fully saturated rings. The van der Waals surface area contributed by atoms with Crippen molar-refractivity contribution in [1.82, 2.24) is 14.5 Å². The number of epoxide rings is 1. The molecule has 0 saturated carbocycles. The molecule has 2 aromatic heterocycles. The lowest BCUT2D eigenvalue weighted by molar-refractivity contribution is 0.322. The first kappa shape index (κ1) is 28.3. The van der Waals surface area contributed by atoms with Gasteiger partial charge in [-0.2, -0.15) is 0 Å². The lowest BCUT2D eigenvalue weighted by Gasteiger charge is -2.13. The van der Waals surface area contributed by atoms with Gasteiger partial charge in [0.05, 0.1) is 36.4 Å². The van der Waals surface area contributed by atoms with Crippen LogP contribution >= 0.6 is 11.6 Å². The van der Waals surface area contributed by atoms with Crippen LogP contribution in [-0.2, 0) is 17.7 Å². The molecule has 1 aliphatic heterocycles. The number of hydrogen-bond acceptors (Lipinski definition) is 5. The molecule has 1 aliphatic rings. The Morgan fingerprint density at radius 2 is 1.95 bits per heavy atom. The van der Waals surface area contributed by atoms with Gasteiger partial charge < -0.3 is 19.4 Å². The maximum atomic E-state index is 13.6. The molecule has 6 rings (SSSR count). The first-order valence-corrected chi connectivity index (χ1v) is 13.8. The molecule has 0 amide bonds. The van der Waals surface area contributed by atoms with Crippen molar-refractivity contribution in [3.8, 4) is 16.9 Å². The van der Waals surface area contributed by atoms with Gasteiger partial charge in [0.1, 0.15) is 23.7 Å². The number of ether oxygens (including phenoxy) is 2. The summed E-state index contributed by atoms with van der Waals surface area (Å²) in [7, 11) is 0. The summed E-state index contributed by atoms with van der Waals surface area (Å²) < 4.78 is 26.9. The first-order valence-electron chi connectivity index (χ1n) is 13.5. The standard InChI is InChI=1S/C30H26ClFN4O2.C3H6/c1-19-2-4-23(32)12-20(19)9-11-37-29-7-5-24(14-27(29)31)35-30-26-13-21(3-6-28(26)33-18-34-30)22-8-10-36(15-22)16-25-17-38-25;1-3-2/h2-8,10,12-15,18,25H,9,11,16-17H2,1H3,(H,33,34,35);3H,1H2,2H3. The Hall–Kier alpha value is -4.20. The molecule has 1 unspecified atom stereocenters. The Morgan fingerprint density at radius 1 is 1.12 bits per heavy atom. The first-order chi connectivity index (χ1) is 19.9. The maximum Gasteiger partial charge on any atom is 0.141 e. The minimum Gasteiger partial charge on any atom is -0.492 e. The fourth-order valence-corrected chi connectivity index (χ4v) is 4.72. The van der Waals surface area contributed by atoms with Crippen LogP contribution in [-0.4, -0.2) is 33.9 Å². The highest BCUT2D eigenvalue weighted by Crippen LogP contribution is 2.32. The molecule has 3 aromatic carbocycles. The van der Waals surface area contributed by atoms with Crippen molar-refractivity contribution in [1.29, 1.82) is 0 Å². The zero-order valence-electron chi connectivity index (χ0n) is 23.1. The number of hydrogen-bond donors (Lipinski definition) is 1. The lowest BCUT2D eigenvalue weighted by Crippen LogP contribution is -2.04. The highest BCUT2D eigenvalue weighted by molar-refractivity contribution is 6.32. The second-order valence-electron chi connectivity index (χ2n) is 9.85. The highest BCUT2D eigenvalue weighted by Gasteiger charge is 2.22. The van der Waals surface area contributed by atoms with Gasteiger partial charge in [0, 0.05) is 29.9 Å². The van der Waals surface area contributed by atoms with Crippen molar-refractivity contribution in [2.75, 3.05) is 18.5 Å². The smallest absolute Gasteiger partial charge is 0.141 e. The van der Waals surface area contributed by atoms with Crippen LogP contribution in [0, 0.1) is 12.7 Å². The Labute approximate surface area is 244 Å². The van der Waals surface area contributed by atoms with Crippen LogP contribution in [0.15, 0.2) is 92.0 Å². The molecule has 8 heteroatoms. The summed E-state index contributed by atoms with van der Waals surface area (Å²) in [4.78, 5) is 8.92. The topological polar surface area (TPSA) is 64.5 Å². The van der Waals surface area contributed by atoms with E-state index < -0.39 is 0 Å². The van der Waals surface area contributed by atoms with Gasteiger partial charge in [-0.3, -0.25) is 0 Å². The van der Waals surface area contributed by atoms with Gasteiger partial charge in [-0.25, -0.2) is 14.4 Å². The fraction of sp³-hybridized carbons (Fsp3) is 0.212. The number of halogens is 2. The summed E-state index contributed by atoms with van der Waals surface area (Å²) in [6.45, 7) is 9.31. The number of benzene rings is 3. The molecule has 210 valence electrons. The molecular formula is C33H32ClFN4O2. The highest BCUT2D eigenvalue weighted by atomic mass is 35.5. The van der Waals surface area contributed by atoms with E-state index in [1.54, 1.807) is 24.5 Å².